The molecular formula is C6H10F2O. The fourth-order valence-corrected chi connectivity index (χ4v) is 0.0680. The Labute approximate surface area is 53.5 Å². The number of rotatable bonds is 2. The Hall–Kier alpha value is -1.12. The molecule has 0 bridgehead atoms. The second kappa shape index (κ2) is 28.7. The van der Waals surface area contributed by atoms with Gasteiger partial charge in [0, 0.05) is 0 Å². The van der Waals surface area contributed by atoms with Crippen LogP contribution in [0.3, 0.4) is 0 Å². The van der Waals surface area contributed by atoms with Gasteiger partial charge in [-0.15, -0.1) is 0 Å². The van der Waals surface area contributed by atoms with Gasteiger partial charge < -0.3 is 4.74 Å². The lowest BCUT2D eigenvalue weighted by molar-refractivity contribution is 0.406. The lowest BCUT2D eigenvalue weighted by Crippen LogP contribution is -1.52. The summed E-state index contributed by atoms with van der Waals surface area (Å²) in [6.45, 7) is 9.21. The molecule has 0 N–H and O–H groups in total. The molecule has 0 aromatic heterocycles. The van der Waals surface area contributed by atoms with Crippen molar-refractivity contribution >= 4 is 0 Å². The van der Waals surface area contributed by atoms with E-state index >= 15 is 0 Å². The van der Waals surface area contributed by atoms with Crippen molar-refractivity contribution in [3.63, 3.8) is 0 Å². The topological polar surface area (TPSA) is 9.23 Å². The Morgan fingerprint density at radius 2 is 1.33 bits per heavy atom. The zero-order valence-corrected chi connectivity index (χ0v) is 5.05. The molecule has 3 heteroatoms. The Morgan fingerprint density at radius 3 is 1.33 bits per heavy atom. The highest BCUT2D eigenvalue weighted by Gasteiger charge is 1.45. The van der Waals surface area contributed by atoms with Gasteiger partial charge in [0.05, 0.1) is 18.9 Å². The van der Waals surface area contributed by atoms with Crippen LogP contribution < -0.4 is 0 Å². The first-order valence-electron chi connectivity index (χ1n) is 1.91. The van der Waals surface area contributed by atoms with Crippen molar-refractivity contribution in [3.8, 4) is 0 Å². The van der Waals surface area contributed by atoms with Gasteiger partial charge in [-0.2, -0.15) is 0 Å². The molecule has 0 amide bonds. The van der Waals surface area contributed by atoms with Crippen LogP contribution in [0.15, 0.2) is 38.6 Å². The minimum Gasteiger partial charge on any atom is -0.474 e. The van der Waals surface area contributed by atoms with Gasteiger partial charge in [0.15, 0.2) is 0 Å². The largest absolute Gasteiger partial charge is 0.474 e. The monoisotopic (exact) mass is 136 g/mol. The van der Waals surface area contributed by atoms with Gasteiger partial charge in [0.1, 0.15) is 0 Å². The fraction of sp³-hybridized carbons (Fsp3) is 0. The molecule has 1 nitrogen and oxygen atoms in total. The van der Waals surface area contributed by atoms with Crippen LogP contribution in [-0.2, 0) is 4.74 Å². The van der Waals surface area contributed by atoms with Crippen LogP contribution in [0.25, 0.3) is 0 Å². The van der Waals surface area contributed by atoms with E-state index in [0.29, 0.717) is 0 Å². The van der Waals surface area contributed by atoms with Crippen LogP contribution >= 0.6 is 0 Å². The third kappa shape index (κ3) is 212. The SMILES string of the molecule is C=CF.C=COC=C.F. The molecule has 0 saturated carbocycles. The first-order valence-corrected chi connectivity index (χ1v) is 1.91. The summed E-state index contributed by atoms with van der Waals surface area (Å²) in [6, 6.07) is 0. The van der Waals surface area contributed by atoms with Crippen LogP contribution in [0.2, 0.25) is 0 Å². The zero-order chi connectivity index (χ0) is 6.83. The lowest BCUT2D eigenvalue weighted by atomic mass is 11.1. The molecule has 0 aromatic rings. The Bertz CT molecular complexity index is 65.5. The molecule has 0 fully saturated rings. The van der Waals surface area contributed by atoms with Crippen LogP contribution in [0.5, 0.6) is 0 Å². The molecule has 0 unspecified atom stereocenters. The van der Waals surface area contributed by atoms with Gasteiger partial charge in [0.25, 0.3) is 0 Å². The molecule has 0 radical (unpaired) electrons. The minimum atomic E-state index is 0. The van der Waals surface area contributed by atoms with Gasteiger partial charge in [-0.1, -0.05) is 19.7 Å². The predicted octanol–water partition coefficient (Wildman–Crippen LogP) is 2.54. The number of hydrogen-bond acceptors (Lipinski definition) is 1. The van der Waals surface area contributed by atoms with Crippen molar-refractivity contribution in [2.45, 2.75) is 0 Å². The highest BCUT2D eigenvalue weighted by molar-refractivity contribution is 4.57. The van der Waals surface area contributed by atoms with Crippen LogP contribution in [-0.4, -0.2) is 0 Å². The van der Waals surface area contributed by atoms with Gasteiger partial charge in [-0.3, -0.25) is 4.70 Å². The first-order chi connectivity index (χ1) is 3.83. The number of ether oxygens (including phenoxy) is 1. The standard InChI is InChI=1S/C4H6O.C2H3F.FH/c1-3-5-4-2;1-2-3;/h3-4H,1-2H2;2H,1H2;1H. The third-order valence-corrected chi connectivity index (χ3v) is 0.192. The van der Waals surface area contributed by atoms with E-state index in [0.717, 1.165) is 0 Å². The highest BCUT2D eigenvalue weighted by Crippen LogP contribution is 1.65. The van der Waals surface area contributed by atoms with E-state index in [2.05, 4.69) is 24.5 Å². The molecule has 0 aliphatic heterocycles. The molecule has 0 saturated heterocycles. The molecule has 0 aromatic carbocycles. The second-order valence-corrected chi connectivity index (χ2v) is 0.624. The van der Waals surface area contributed by atoms with E-state index in [1.807, 2.05) is 0 Å². The van der Waals surface area contributed by atoms with Gasteiger partial charge >= 0.3 is 0 Å². The van der Waals surface area contributed by atoms with Gasteiger partial charge in [0.2, 0.25) is 0 Å². The quantitative estimate of drug-likeness (QED) is 0.530. The molecule has 54 valence electrons. The maximum absolute atomic E-state index is 10.1. The molecule has 0 aliphatic carbocycles. The van der Waals surface area contributed by atoms with Crippen molar-refractivity contribution in [3.05, 3.63) is 38.6 Å². The van der Waals surface area contributed by atoms with Crippen LogP contribution in [0.1, 0.15) is 0 Å². The molecule has 0 atom stereocenters. The van der Waals surface area contributed by atoms with E-state index < -0.39 is 0 Å². The fourth-order valence-electron chi connectivity index (χ4n) is 0.0680. The van der Waals surface area contributed by atoms with Crippen molar-refractivity contribution < 1.29 is 13.8 Å². The maximum Gasteiger partial charge on any atom is 0.0829 e. The summed E-state index contributed by atoms with van der Waals surface area (Å²) in [5, 5.41) is 0. The maximum atomic E-state index is 10.1. The zero-order valence-electron chi connectivity index (χ0n) is 5.05. The van der Waals surface area contributed by atoms with Crippen molar-refractivity contribution in [2.24, 2.45) is 0 Å². The Kier molecular flexibility index (Phi) is 49.9. The number of halogens is 2. The smallest absolute Gasteiger partial charge is 0.0829 e. The highest BCUT2D eigenvalue weighted by atomic mass is 19.1. The average Bonchev–Trinajstić information content (AvgIpc) is 1.71. The normalized spacial score (nSPS) is 4.56. The number of hydrogen-bond donors (Lipinski definition) is 0. The van der Waals surface area contributed by atoms with E-state index in [1.165, 1.54) is 12.5 Å². The molecule has 9 heavy (non-hydrogen) atoms. The van der Waals surface area contributed by atoms with Crippen LogP contribution in [0, 0.1) is 0 Å². The Morgan fingerprint density at radius 1 is 1.11 bits per heavy atom. The van der Waals surface area contributed by atoms with Crippen molar-refractivity contribution in [1.29, 1.82) is 0 Å². The Balaban J connectivity index is -0.0000000800. The van der Waals surface area contributed by atoms with Crippen molar-refractivity contribution in [2.75, 3.05) is 0 Å². The second-order valence-electron chi connectivity index (χ2n) is 0.624. The van der Waals surface area contributed by atoms with E-state index in [9.17, 15) is 4.39 Å². The van der Waals surface area contributed by atoms with E-state index in [-0.39, 0.29) is 11.0 Å². The van der Waals surface area contributed by atoms with E-state index in [1.54, 1.807) is 0 Å². The summed E-state index contributed by atoms with van der Waals surface area (Å²) in [5.41, 5.74) is 0. The van der Waals surface area contributed by atoms with Gasteiger partial charge in [-0.25, -0.2) is 4.39 Å². The average molecular weight is 136 g/mol. The molecule has 0 heterocycles. The summed E-state index contributed by atoms with van der Waals surface area (Å²) in [7, 11) is 0. The molecule has 0 rings (SSSR count). The molecule has 0 aliphatic rings. The van der Waals surface area contributed by atoms with Gasteiger partial charge in [-0.05, 0) is 0 Å². The predicted molar refractivity (Wildman–Crippen MR) is 35.3 cm³/mol. The summed E-state index contributed by atoms with van der Waals surface area (Å²) in [6.07, 6.45) is 2.88. The molecule has 0 spiro atoms. The first kappa shape index (κ1) is 15.7. The summed E-state index contributed by atoms with van der Waals surface area (Å²) in [4.78, 5) is 0. The molecular weight excluding hydrogens is 126 g/mol. The third-order valence-electron chi connectivity index (χ3n) is 0.192. The lowest BCUT2D eigenvalue weighted by Gasteiger charge is -1.76. The van der Waals surface area contributed by atoms with Crippen LogP contribution in [0.4, 0.5) is 9.09 Å². The summed E-state index contributed by atoms with van der Waals surface area (Å²) in [5.74, 6) is 0. The minimum absolute atomic E-state index is 0. The summed E-state index contributed by atoms with van der Waals surface area (Å²) < 4.78 is 14.4. The summed E-state index contributed by atoms with van der Waals surface area (Å²) >= 11 is 0. The van der Waals surface area contributed by atoms with E-state index in [4.69, 9.17) is 0 Å². The van der Waals surface area contributed by atoms with Crippen molar-refractivity contribution in [1.82, 2.24) is 0 Å².